The van der Waals surface area contributed by atoms with E-state index in [4.69, 9.17) is 33.2 Å². The third-order valence-electron chi connectivity index (χ3n) is 9.98. The molecule has 26 heteroatoms. The number of ether oxygens (including phenoxy) is 7. The molecule has 26 nitrogen and oxygen atoms in total. The van der Waals surface area contributed by atoms with Gasteiger partial charge in [0.05, 0.1) is 38.6 Å². The normalized spacial score (nSPS) is 45.1. The fourth-order valence-corrected chi connectivity index (χ4v) is 7.05. The second-order valence-electron chi connectivity index (χ2n) is 14.0. The third kappa shape index (κ3) is 10.2. The van der Waals surface area contributed by atoms with Gasteiger partial charge < -0.3 is 115 Å². The van der Waals surface area contributed by atoms with Crippen LogP contribution in [0.2, 0.25) is 0 Å². The molecule has 4 aliphatic heterocycles. The average molecular weight is 837 g/mol. The maximum atomic E-state index is 12.8. The number of nitrogens with one attached hydrogen (secondary N) is 2. The first-order chi connectivity index (χ1) is 26.7. The fourth-order valence-electron chi connectivity index (χ4n) is 7.05. The molecule has 4 rings (SSSR count). The second-order valence-corrected chi connectivity index (χ2v) is 14.0. The summed E-state index contributed by atoms with van der Waals surface area (Å²) in [5.74, 6) is -6.66. The molecule has 0 bridgehead atoms. The topological polar surface area (TPSA) is 423 Å². The Bertz CT molecular complexity index is 1350. The number of aliphatic carboxylic acids is 1. The Labute approximate surface area is 322 Å². The van der Waals surface area contributed by atoms with Crippen molar-refractivity contribution < 1.29 is 119 Å². The van der Waals surface area contributed by atoms with Gasteiger partial charge in [-0.1, -0.05) is 0 Å². The summed E-state index contributed by atoms with van der Waals surface area (Å²) in [6.45, 7) is -1.96. The first-order valence-electron chi connectivity index (χ1n) is 17.7. The molecule has 2 amide bonds. The lowest BCUT2D eigenvalue weighted by atomic mass is 9.88. The summed E-state index contributed by atoms with van der Waals surface area (Å²) >= 11 is 0. The van der Waals surface area contributed by atoms with Gasteiger partial charge in [0.25, 0.3) is 5.79 Å². The van der Waals surface area contributed by atoms with Gasteiger partial charge in [0.15, 0.2) is 18.9 Å². The minimum absolute atomic E-state index is 0.707. The van der Waals surface area contributed by atoms with E-state index in [0.717, 1.165) is 13.8 Å². The third-order valence-corrected chi connectivity index (χ3v) is 9.98. The van der Waals surface area contributed by atoms with Crippen LogP contribution in [0.3, 0.4) is 0 Å². The predicted octanol–water partition coefficient (Wildman–Crippen LogP) is -10.3. The van der Waals surface area contributed by atoms with Gasteiger partial charge in [-0.2, -0.15) is 0 Å². The Morgan fingerprint density at radius 3 is 1.67 bits per heavy atom. The molecular formula is C31H52N2O24. The molecule has 0 radical (unpaired) electrons. The monoisotopic (exact) mass is 836 g/mol. The van der Waals surface area contributed by atoms with E-state index in [1.807, 2.05) is 0 Å². The standard InChI is InChI=1S/C31H52N2O24/c1-8(38)32-15-10(40)3-31(30(49)50,56-24(15)17(42)11(41)4-34)57-26-19(44)13(6-36)53-29(22(26)47)55-25-18(43)12(5-35)52-28(21(25)46)54-23-14(7-37)51-27(48)16(20(23)45)33-9(2)39/h10-29,34-37,40-48H,3-7H2,1-2H3,(H,32,38)(H,33,39)(H,49,50)/t10-,11+,12+,13+,14+,15+,16+,17+,18-,19-,20+,21+,22+,23+,24+,25-,26-,27?,28?,29?,31-/m0/s1. The smallest absolute Gasteiger partial charge is 0.364 e. The van der Waals surface area contributed by atoms with Gasteiger partial charge >= 0.3 is 5.97 Å². The molecule has 4 aliphatic rings. The number of carbonyl (C=O) groups is 3. The van der Waals surface area contributed by atoms with E-state index in [-0.39, 0.29) is 0 Å². The lowest BCUT2D eigenvalue weighted by Gasteiger charge is -2.51. The predicted molar refractivity (Wildman–Crippen MR) is 174 cm³/mol. The number of aliphatic hydroxyl groups excluding tert-OH is 13. The molecule has 21 atom stereocenters. The van der Waals surface area contributed by atoms with Crippen molar-refractivity contribution in [2.75, 3.05) is 26.4 Å². The van der Waals surface area contributed by atoms with Crippen LogP contribution in [-0.2, 0) is 47.5 Å². The first-order valence-corrected chi connectivity index (χ1v) is 17.7. The summed E-state index contributed by atoms with van der Waals surface area (Å²) in [5, 5.41) is 152. The lowest BCUT2D eigenvalue weighted by Crippen LogP contribution is -2.71. The lowest BCUT2D eigenvalue weighted by molar-refractivity contribution is -0.391. The first kappa shape index (κ1) is 47.3. The van der Waals surface area contributed by atoms with Crippen molar-refractivity contribution >= 4 is 17.8 Å². The highest BCUT2D eigenvalue weighted by Gasteiger charge is 2.60. The Hall–Kier alpha value is -2.39. The molecule has 0 aliphatic carbocycles. The maximum Gasteiger partial charge on any atom is 0.364 e. The number of hydrogen-bond acceptors (Lipinski definition) is 23. The summed E-state index contributed by atoms with van der Waals surface area (Å²) < 4.78 is 38.8. The maximum absolute atomic E-state index is 12.8. The molecule has 0 aromatic carbocycles. The molecule has 4 heterocycles. The number of carboxylic acid groups (broad SMARTS) is 1. The Morgan fingerprint density at radius 2 is 1.18 bits per heavy atom. The highest BCUT2D eigenvalue weighted by molar-refractivity contribution is 5.76. The Morgan fingerprint density at radius 1 is 0.684 bits per heavy atom. The molecule has 0 aromatic rings. The van der Waals surface area contributed by atoms with Crippen molar-refractivity contribution in [3.8, 4) is 0 Å². The number of carboxylic acids is 1. The number of carbonyl (C=O) groups excluding carboxylic acids is 2. The second kappa shape index (κ2) is 19.8. The van der Waals surface area contributed by atoms with Crippen LogP contribution in [0.4, 0.5) is 0 Å². The summed E-state index contributed by atoms with van der Waals surface area (Å²) in [5.41, 5.74) is 0. The SMILES string of the molecule is CC(=O)N[C@H]1[C@H]([C@H](O)[C@H](O)CO)O[C@@](O[C@H]2[C@@H](O)[C@@H](CO)OC(O[C@H]3[C@@H](O)[C@@H](CO)OC(O[C@H]4[C@H](O)[C@@H](NC(C)=O)C(O)O[C@@H]4CO)[C@@H]3O)[C@@H]2O)(C(=O)O)C[C@@H]1O. The van der Waals surface area contributed by atoms with E-state index >= 15 is 0 Å². The van der Waals surface area contributed by atoms with Gasteiger partial charge in [-0.3, -0.25) is 9.59 Å². The molecule has 0 aromatic heterocycles. The molecule has 16 N–H and O–H groups in total. The van der Waals surface area contributed by atoms with Gasteiger partial charge in [0.2, 0.25) is 11.8 Å². The minimum atomic E-state index is -3.13. The summed E-state index contributed by atoms with van der Waals surface area (Å²) in [7, 11) is 0. The number of hydrogen-bond donors (Lipinski definition) is 16. The van der Waals surface area contributed by atoms with Crippen molar-refractivity contribution in [3.05, 3.63) is 0 Å². The van der Waals surface area contributed by atoms with Crippen LogP contribution in [0.25, 0.3) is 0 Å². The van der Waals surface area contributed by atoms with E-state index in [1.165, 1.54) is 0 Å². The molecule has 0 saturated carbocycles. The van der Waals surface area contributed by atoms with Gasteiger partial charge in [0.1, 0.15) is 91.5 Å². The van der Waals surface area contributed by atoms with Crippen LogP contribution in [0.1, 0.15) is 20.3 Å². The van der Waals surface area contributed by atoms with Crippen LogP contribution in [0.5, 0.6) is 0 Å². The zero-order valence-corrected chi connectivity index (χ0v) is 30.4. The van der Waals surface area contributed by atoms with E-state index in [1.54, 1.807) is 0 Å². The summed E-state index contributed by atoms with van der Waals surface area (Å²) in [4.78, 5) is 36.4. The molecule has 3 unspecified atom stereocenters. The van der Waals surface area contributed by atoms with E-state index in [9.17, 15) is 85.9 Å². The van der Waals surface area contributed by atoms with Gasteiger partial charge in [0, 0.05) is 20.3 Å². The summed E-state index contributed by atoms with van der Waals surface area (Å²) in [6.07, 6.45) is -36.6. The number of rotatable bonds is 15. The van der Waals surface area contributed by atoms with E-state index in [2.05, 4.69) is 10.6 Å². The zero-order valence-electron chi connectivity index (χ0n) is 30.4. The van der Waals surface area contributed by atoms with Crippen molar-refractivity contribution in [2.24, 2.45) is 0 Å². The molecule has 4 saturated heterocycles. The van der Waals surface area contributed by atoms with Crippen LogP contribution < -0.4 is 10.6 Å². The molecule has 4 fully saturated rings. The molecular weight excluding hydrogens is 784 g/mol. The summed E-state index contributed by atoms with van der Waals surface area (Å²) in [6, 6.07) is -3.13. The number of aliphatic hydroxyl groups is 13. The minimum Gasteiger partial charge on any atom is -0.477 e. The van der Waals surface area contributed by atoms with E-state index < -0.39 is 179 Å². The Balaban J connectivity index is 1.62. The van der Waals surface area contributed by atoms with Gasteiger partial charge in [-0.15, -0.1) is 0 Å². The van der Waals surface area contributed by atoms with Crippen molar-refractivity contribution in [2.45, 2.75) is 149 Å². The van der Waals surface area contributed by atoms with Crippen LogP contribution in [0, 0.1) is 0 Å². The number of amides is 2. The average Bonchev–Trinajstić information content (AvgIpc) is 3.16. The molecule has 57 heavy (non-hydrogen) atoms. The quantitative estimate of drug-likeness (QED) is 0.0728. The van der Waals surface area contributed by atoms with Crippen LogP contribution in [-0.4, -0.2) is 244 Å². The van der Waals surface area contributed by atoms with Crippen LogP contribution in [0.15, 0.2) is 0 Å². The highest BCUT2D eigenvalue weighted by Crippen LogP contribution is 2.39. The largest absolute Gasteiger partial charge is 0.477 e. The van der Waals surface area contributed by atoms with Crippen LogP contribution >= 0.6 is 0 Å². The molecule has 330 valence electrons. The molecule has 0 spiro atoms. The fraction of sp³-hybridized carbons (Fsp3) is 0.903. The van der Waals surface area contributed by atoms with Crippen molar-refractivity contribution in [3.63, 3.8) is 0 Å². The zero-order chi connectivity index (χ0) is 42.7. The van der Waals surface area contributed by atoms with Gasteiger partial charge in [-0.05, 0) is 0 Å². The van der Waals surface area contributed by atoms with Gasteiger partial charge in [-0.25, -0.2) is 4.79 Å². The highest BCUT2D eigenvalue weighted by atomic mass is 16.8. The van der Waals surface area contributed by atoms with E-state index in [0.29, 0.717) is 0 Å². The Kier molecular flexibility index (Phi) is 16.4. The van der Waals surface area contributed by atoms with Crippen molar-refractivity contribution in [1.82, 2.24) is 10.6 Å². The van der Waals surface area contributed by atoms with Crippen molar-refractivity contribution in [1.29, 1.82) is 0 Å².